The Labute approximate surface area is 111 Å². The van der Waals surface area contributed by atoms with Crippen LogP contribution in [0.2, 0.25) is 0 Å². The summed E-state index contributed by atoms with van der Waals surface area (Å²) < 4.78 is 5.23. The van der Waals surface area contributed by atoms with Gasteiger partial charge in [-0.25, -0.2) is 0 Å². The van der Waals surface area contributed by atoms with Crippen LogP contribution in [0, 0.1) is 0 Å². The van der Waals surface area contributed by atoms with E-state index < -0.39 is 0 Å². The Morgan fingerprint density at radius 1 is 1.61 bits per heavy atom. The highest BCUT2D eigenvalue weighted by Gasteiger charge is 2.14. The molecule has 0 aliphatic carbocycles. The van der Waals surface area contributed by atoms with Crippen molar-refractivity contribution < 1.29 is 9.53 Å². The van der Waals surface area contributed by atoms with E-state index in [9.17, 15) is 4.79 Å². The number of anilines is 1. The quantitative estimate of drug-likeness (QED) is 0.758. The van der Waals surface area contributed by atoms with Crippen molar-refractivity contribution in [1.29, 1.82) is 0 Å². The molecule has 1 rings (SSSR count). The van der Waals surface area contributed by atoms with Crippen LogP contribution >= 0.6 is 11.3 Å². The molecule has 1 heterocycles. The second-order valence-electron chi connectivity index (χ2n) is 4.28. The van der Waals surface area contributed by atoms with Crippen LogP contribution in [0.4, 0.5) is 5.13 Å². The van der Waals surface area contributed by atoms with E-state index in [1.165, 1.54) is 0 Å². The molecule has 1 aromatic rings. The molecule has 0 aromatic carbocycles. The molecule has 1 unspecified atom stereocenters. The number of methoxy groups -OCH3 is 1. The van der Waals surface area contributed by atoms with Crippen molar-refractivity contribution in [1.82, 2.24) is 10.3 Å². The summed E-state index contributed by atoms with van der Waals surface area (Å²) in [5, 5.41) is 4.12. The summed E-state index contributed by atoms with van der Waals surface area (Å²) in [5.74, 6) is 0.322. The molecule has 1 aromatic heterocycles. The highest BCUT2D eigenvalue weighted by Crippen LogP contribution is 2.30. The van der Waals surface area contributed by atoms with Gasteiger partial charge in [0.2, 0.25) is 11.8 Å². The van der Waals surface area contributed by atoms with Crippen molar-refractivity contribution in [2.24, 2.45) is 5.73 Å². The fraction of sp³-hybridized carbons (Fsp3) is 0.636. The molecule has 6 nitrogen and oxygen atoms in total. The third kappa shape index (κ3) is 4.15. The number of hydrogen-bond donors (Lipinski definition) is 2. The number of nitrogens with zero attached hydrogens (tertiary/aromatic N) is 2. The SMILES string of the molecule is COc1nc(N(C)C)sc1CNC(C)CC(N)=O. The summed E-state index contributed by atoms with van der Waals surface area (Å²) in [5.41, 5.74) is 5.14. The van der Waals surface area contributed by atoms with Gasteiger partial charge in [-0.3, -0.25) is 4.79 Å². The lowest BCUT2D eigenvalue weighted by Crippen LogP contribution is -2.30. The van der Waals surface area contributed by atoms with Crippen molar-refractivity contribution in [2.75, 3.05) is 26.1 Å². The minimum absolute atomic E-state index is 0.0390. The van der Waals surface area contributed by atoms with Crippen molar-refractivity contribution >= 4 is 22.4 Å². The van der Waals surface area contributed by atoms with Gasteiger partial charge in [0.15, 0.2) is 5.13 Å². The number of carbonyl (C=O) groups is 1. The van der Waals surface area contributed by atoms with Gasteiger partial charge in [0.05, 0.1) is 12.0 Å². The van der Waals surface area contributed by atoms with Crippen LogP contribution in [0.15, 0.2) is 0 Å². The van der Waals surface area contributed by atoms with Crippen molar-refractivity contribution in [3.05, 3.63) is 4.88 Å². The van der Waals surface area contributed by atoms with E-state index in [1.54, 1.807) is 18.4 Å². The Balaban J connectivity index is 2.63. The Morgan fingerprint density at radius 2 is 2.28 bits per heavy atom. The van der Waals surface area contributed by atoms with Gasteiger partial charge < -0.3 is 20.7 Å². The number of thiazole rings is 1. The Morgan fingerprint density at radius 3 is 2.78 bits per heavy atom. The first-order chi connectivity index (χ1) is 8.43. The first-order valence-corrected chi connectivity index (χ1v) is 6.48. The van der Waals surface area contributed by atoms with Gasteiger partial charge in [-0.1, -0.05) is 11.3 Å². The number of nitrogens with one attached hydrogen (secondary N) is 1. The lowest BCUT2D eigenvalue weighted by molar-refractivity contribution is -0.118. The van der Waals surface area contributed by atoms with Gasteiger partial charge in [0.1, 0.15) is 0 Å². The fourth-order valence-corrected chi connectivity index (χ4v) is 2.33. The predicted octanol–water partition coefficient (Wildman–Crippen LogP) is 0.571. The zero-order valence-electron chi connectivity index (χ0n) is 11.2. The minimum Gasteiger partial charge on any atom is -0.480 e. The monoisotopic (exact) mass is 272 g/mol. The Hall–Kier alpha value is -1.34. The van der Waals surface area contributed by atoms with Crippen LogP contribution in [-0.4, -0.2) is 38.1 Å². The second kappa shape index (κ2) is 6.55. The third-order valence-electron chi connectivity index (χ3n) is 2.34. The van der Waals surface area contributed by atoms with E-state index in [-0.39, 0.29) is 11.9 Å². The number of carbonyl (C=O) groups excluding carboxylic acids is 1. The summed E-state index contributed by atoms with van der Waals surface area (Å²) in [6.07, 6.45) is 0.321. The minimum atomic E-state index is -0.305. The molecule has 18 heavy (non-hydrogen) atoms. The zero-order chi connectivity index (χ0) is 13.7. The summed E-state index contributed by atoms with van der Waals surface area (Å²) in [6.45, 7) is 2.54. The van der Waals surface area contributed by atoms with Gasteiger partial charge in [-0.05, 0) is 6.92 Å². The molecular formula is C11H20N4O2S. The normalized spacial score (nSPS) is 12.2. The first-order valence-electron chi connectivity index (χ1n) is 5.66. The average molecular weight is 272 g/mol. The standard InChI is InChI=1S/C11H20N4O2S/c1-7(5-9(12)16)13-6-8-10(17-4)14-11(18-8)15(2)3/h7,13H,5-6H2,1-4H3,(H2,12,16). The number of hydrogen-bond acceptors (Lipinski definition) is 6. The molecule has 0 bridgehead atoms. The van der Waals surface area contributed by atoms with Gasteiger partial charge in [-0.2, -0.15) is 4.98 Å². The number of rotatable bonds is 7. The molecule has 0 spiro atoms. The molecule has 0 saturated heterocycles. The summed E-state index contributed by atoms with van der Waals surface area (Å²) >= 11 is 1.56. The molecule has 0 aliphatic heterocycles. The number of ether oxygens (including phenoxy) is 1. The molecule has 1 amide bonds. The summed E-state index contributed by atoms with van der Waals surface area (Å²) in [4.78, 5) is 18.1. The van der Waals surface area contributed by atoms with E-state index in [4.69, 9.17) is 10.5 Å². The van der Waals surface area contributed by atoms with Gasteiger partial charge in [0.25, 0.3) is 0 Å². The molecule has 102 valence electrons. The van der Waals surface area contributed by atoms with E-state index in [2.05, 4.69) is 10.3 Å². The summed E-state index contributed by atoms with van der Waals surface area (Å²) in [6, 6.07) is 0.0390. The molecule has 0 fully saturated rings. The maximum absolute atomic E-state index is 10.8. The smallest absolute Gasteiger partial charge is 0.230 e. The van der Waals surface area contributed by atoms with Gasteiger partial charge in [-0.15, -0.1) is 0 Å². The first kappa shape index (κ1) is 14.7. The Bertz CT molecular complexity index is 406. The number of nitrogens with two attached hydrogens (primary N) is 1. The molecule has 7 heteroatoms. The zero-order valence-corrected chi connectivity index (χ0v) is 12.0. The second-order valence-corrected chi connectivity index (χ2v) is 5.34. The van der Waals surface area contributed by atoms with E-state index >= 15 is 0 Å². The van der Waals surface area contributed by atoms with E-state index in [1.807, 2.05) is 25.9 Å². The molecule has 0 aliphatic rings. The number of aromatic nitrogens is 1. The lowest BCUT2D eigenvalue weighted by Gasteiger charge is -2.10. The van der Waals surface area contributed by atoms with Crippen molar-refractivity contribution in [3.63, 3.8) is 0 Å². The maximum Gasteiger partial charge on any atom is 0.230 e. The maximum atomic E-state index is 10.8. The topological polar surface area (TPSA) is 80.5 Å². The van der Waals surface area contributed by atoms with Crippen LogP contribution in [0.1, 0.15) is 18.2 Å². The lowest BCUT2D eigenvalue weighted by atomic mass is 10.2. The molecule has 0 saturated carbocycles. The highest BCUT2D eigenvalue weighted by atomic mass is 32.1. The van der Waals surface area contributed by atoms with Crippen LogP contribution < -0.4 is 20.7 Å². The predicted molar refractivity (Wildman–Crippen MR) is 73.1 cm³/mol. The van der Waals surface area contributed by atoms with Gasteiger partial charge >= 0.3 is 0 Å². The number of primary amides is 1. The van der Waals surface area contributed by atoms with Crippen LogP contribution in [0.5, 0.6) is 5.88 Å². The van der Waals surface area contributed by atoms with Crippen molar-refractivity contribution in [2.45, 2.75) is 25.9 Å². The fourth-order valence-electron chi connectivity index (χ4n) is 1.43. The molecule has 0 radical (unpaired) electrons. The van der Waals surface area contributed by atoms with Crippen LogP contribution in [0.3, 0.4) is 0 Å². The molecular weight excluding hydrogens is 252 g/mol. The third-order valence-corrected chi connectivity index (χ3v) is 3.55. The largest absolute Gasteiger partial charge is 0.480 e. The molecule has 3 N–H and O–H groups in total. The van der Waals surface area contributed by atoms with Crippen LogP contribution in [-0.2, 0) is 11.3 Å². The van der Waals surface area contributed by atoms with Gasteiger partial charge in [0, 0.05) is 33.1 Å². The van der Waals surface area contributed by atoms with Crippen molar-refractivity contribution in [3.8, 4) is 5.88 Å². The van der Waals surface area contributed by atoms with Crippen LogP contribution in [0.25, 0.3) is 0 Å². The number of amides is 1. The average Bonchev–Trinajstić information content (AvgIpc) is 2.68. The van der Waals surface area contributed by atoms with E-state index in [0.29, 0.717) is 18.8 Å². The highest BCUT2D eigenvalue weighted by molar-refractivity contribution is 7.15. The molecule has 1 atom stereocenters. The van der Waals surface area contributed by atoms with E-state index in [0.717, 1.165) is 10.0 Å². The summed E-state index contributed by atoms with van der Waals surface area (Å²) in [7, 11) is 5.47. The Kier molecular flexibility index (Phi) is 5.36.